The number of hydrogen-bond donors (Lipinski definition) is 1. The number of benzene rings is 3. The van der Waals surface area contributed by atoms with Gasteiger partial charge in [-0.25, -0.2) is 9.79 Å². The molecule has 0 saturated heterocycles. The zero-order valence-corrected chi connectivity index (χ0v) is 26.8. The molecule has 0 unspecified atom stereocenters. The van der Waals surface area contributed by atoms with Crippen molar-refractivity contribution < 1.29 is 19.1 Å². The molecule has 1 atom stereocenters. The molecule has 0 radical (unpaired) electrons. The van der Waals surface area contributed by atoms with E-state index in [2.05, 4.69) is 5.32 Å². The molecule has 0 fully saturated rings. The monoisotopic (exact) mass is 634 g/mol. The van der Waals surface area contributed by atoms with Gasteiger partial charge in [-0.3, -0.25) is 14.2 Å². The van der Waals surface area contributed by atoms with E-state index < -0.39 is 12.0 Å². The Bertz CT molecular complexity index is 2140. The first-order valence-electron chi connectivity index (χ1n) is 15.1. The minimum absolute atomic E-state index is 0.00458. The van der Waals surface area contributed by atoms with Crippen molar-refractivity contribution in [2.45, 2.75) is 46.4 Å². The molecule has 10 heteroatoms. The summed E-state index contributed by atoms with van der Waals surface area (Å²) in [6, 6.07) is 23.8. The third kappa shape index (κ3) is 6.16. The minimum atomic E-state index is -0.728. The number of allylic oxidation sites excluding steroid dienone is 1. The van der Waals surface area contributed by atoms with Crippen LogP contribution >= 0.6 is 11.3 Å². The van der Waals surface area contributed by atoms with Crippen molar-refractivity contribution in [3.63, 3.8) is 0 Å². The summed E-state index contributed by atoms with van der Waals surface area (Å²) in [7, 11) is 0. The first-order valence-corrected chi connectivity index (χ1v) is 15.9. The Balaban J connectivity index is 1.43. The van der Waals surface area contributed by atoms with Gasteiger partial charge in [0.25, 0.3) is 5.56 Å². The molecule has 1 aliphatic heterocycles. The summed E-state index contributed by atoms with van der Waals surface area (Å²) in [5, 5.41) is 3.84. The molecule has 1 aliphatic rings. The van der Waals surface area contributed by atoms with Crippen LogP contribution in [0.15, 0.2) is 106 Å². The molecule has 3 aromatic carbocycles. The topological polar surface area (TPSA) is 104 Å². The van der Waals surface area contributed by atoms with Crippen LogP contribution in [0.3, 0.4) is 0 Å². The van der Waals surface area contributed by atoms with Crippen LogP contribution in [-0.4, -0.2) is 33.7 Å². The Kier molecular flexibility index (Phi) is 8.72. The number of nitrogens with zero attached hydrogens (tertiary/aromatic N) is 3. The van der Waals surface area contributed by atoms with Crippen molar-refractivity contribution in [3.8, 4) is 5.75 Å². The van der Waals surface area contributed by atoms with Gasteiger partial charge in [0.2, 0.25) is 5.91 Å². The molecule has 46 heavy (non-hydrogen) atoms. The largest absolute Gasteiger partial charge is 0.491 e. The second-order valence-electron chi connectivity index (χ2n) is 11.2. The minimum Gasteiger partial charge on any atom is -0.491 e. The summed E-state index contributed by atoms with van der Waals surface area (Å²) in [6.45, 7) is 7.71. The number of rotatable bonds is 9. The molecular formula is C36H34N4O5S. The normalized spacial score (nSPS) is 14.7. The highest BCUT2D eigenvalue weighted by Gasteiger charge is 2.33. The SMILES string of the molecule is CCOC(=O)C1=C(C)N=c2s/c(=C\c3cn(CC(=O)Nc4ccccc4)c4ccccc34)c(=O)n2[C@H]1c1ccc(OC(C)C)cc1. The average molecular weight is 635 g/mol. The second kappa shape index (κ2) is 13.0. The van der Waals surface area contributed by atoms with E-state index in [1.165, 1.54) is 11.3 Å². The summed E-state index contributed by atoms with van der Waals surface area (Å²) >= 11 is 1.26. The van der Waals surface area contributed by atoms with Gasteiger partial charge in [-0.1, -0.05) is 59.9 Å². The lowest BCUT2D eigenvalue weighted by molar-refractivity contribution is -0.139. The Labute approximate surface area is 269 Å². The van der Waals surface area contributed by atoms with Crippen LogP contribution in [0.25, 0.3) is 17.0 Å². The summed E-state index contributed by atoms with van der Waals surface area (Å²) in [6.07, 6.45) is 3.72. The van der Waals surface area contributed by atoms with Gasteiger partial charge in [-0.05, 0) is 69.7 Å². The van der Waals surface area contributed by atoms with E-state index in [1.807, 2.05) is 110 Å². The molecule has 3 heterocycles. The molecule has 0 bridgehead atoms. The number of hydrogen-bond acceptors (Lipinski definition) is 7. The van der Waals surface area contributed by atoms with E-state index in [9.17, 15) is 14.4 Å². The van der Waals surface area contributed by atoms with E-state index in [0.29, 0.717) is 26.4 Å². The lowest BCUT2D eigenvalue weighted by Gasteiger charge is -2.25. The number of esters is 1. The van der Waals surface area contributed by atoms with E-state index in [0.717, 1.165) is 27.7 Å². The number of thiazole rings is 1. The number of anilines is 1. The van der Waals surface area contributed by atoms with Gasteiger partial charge in [-0.2, -0.15) is 0 Å². The summed E-state index contributed by atoms with van der Waals surface area (Å²) in [5.41, 5.74) is 3.66. The van der Waals surface area contributed by atoms with Crippen LogP contribution in [0, 0.1) is 0 Å². The fourth-order valence-corrected chi connectivity index (χ4v) is 6.68. The maximum atomic E-state index is 14.2. The number of fused-ring (bicyclic) bond motifs is 2. The smallest absolute Gasteiger partial charge is 0.338 e. The maximum Gasteiger partial charge on any atom is 0.338 e. The fraction of sp³-hybridized carbons (Fsp3) is 0.222. The Morgan fingerprint density at radius 2 is 1.74 bits per heavy atom. The predicted molar refractivity (Wildman–Crippen MR) is 180 cm³/mol. The third-order valence-electron chi connectivity index (χ3n) is 7.56. The van der Waals surface area contributed by atoms with E-state index in [4.69, 9.17) is 14.5 Å². The van der Waals surface area contributed by atoms with Gasteiger partial charge >= 0.3 is 5.97 Å². The van der Waals surface area contributed by atoms with Crippen molar-refractivity contribution >= 4 is 45.9 Å². The van der Waals surface area contributed by atoms with Crippen LogP contribution in [0.4, 0.5) is 5.69 Å². The van der Waals surface area contributed by atoms with Crippen LogP contribution < -0.4 is 24.9 Å². The number of aromatic nitrogens is 2. The van der Waals surface area contributed by atoms with Crippen molar-refractivity contribution in [1.82, 2.24) is 9.13 Å². The van der Waals surface area contributed by atoms with E-state index in [1.54, 1.807) is 18.4 Å². The molecule has 1 amide bonds. The Hall–Kier alpha value is -5.22. The molecule has 234 valence electrons. The third-order valence-corrected chi connectivity index (χ3v) is 8.55. The molecule has 0 spiro atoms. The zero-order chi connectivity index (χ0) is 32.4. The highest BCUT2D eigenvalue weighted by Crippen LogP contribution is 2.32. The van der Waals surface area contributed by atoms with Gasteiger partial charge in [-0.15, -0.1) is 0 Å². The van der Waals surface area contributed by atoms with E-state index >= 15 is 0 Å². The van der Waals surface area contributed by atoms with Crippen LogP contribution in [0.5, 0.6) is 5.75 Å². The molecule has 9 nitrogen and oxygen atoms in total. The molecule has 0 aliphatic carbocycles. The van der Waals surface area contributed by atoms with Crippen LogP contribution in [-0.2, 0) is 20.9 Å². The van der Waals surface area contributed by atoms with Gasteiger partial charge in [0.05, 0.1) is 34.6 Å². The lowest BCUT2D eigenvalue weighted by Crippen LogP contribution is -2.39. The fourth-order valence-electron chi connectivity index (χ4n) is 5.65. The number of carbonyl (C=O) groups is 2. The maximum absolute atomic E-state index is 14.2. The molecule has 0 saturated carbocycles. The number of amides is 1. The number of ether oxygens (including phenoxy) is 2. The highest BCUT2D eigenvalue weighted by molar-refractivity contribution is 7.07. The average Bonchev–Trinajstić information content (AvgIpc) is 3.53. The molecule has 2 aromatic heterocycles. The zero-order valence-electron chi connectivity index (χ0n) is 26.0. The lowest BCUT2D eigenvalue weighted by atomic mass is 9.96. The number of carbonyl (C=O) groups excluding carboxylic acids is 2. The van der Waals surface area contributed by atoms with Gasteiger partial charge < -0.3 is 19.4 Å². The van der Waals surface area contributed by atoms with Crippen LogP contribution in [0.1, 0.15) is 44.9 Å². The Morgan fingerprint density at radius 3 is 2.46 bits per heavy atom. The van der Waals surface area contributed by atoms with Crippen LogP contribution in [0.2, 0.25) is 0 Å². The van der Waals surface area contributed by atoms with Gasteiger partial charge in [0, 0.05) is 28.4 Å². The molecular weight excluding hydrogens is 600 g/mol. The standard InChI is InChI=1S/C36H34N4O5S/c1-5-44-35(43)32-23(4)37-36-40(33(32)24-15-17-27(18-16-24)45-22(2)3)34(42)30(46-36)19-25-20-39(29-14-10-9-13-28(25)29)21-31(41)38-26-11-7-6-8-12-26/h6-20,22,33H,5,21H2,1-4H3,(H,38,41)/b30-19-/t33-/m0/s1. The van der Waals surface area contributed by atoms with Crippen molar-refractivity contribution in [3.05, 3.63) is 127 Å². The first-order chi connectivity index (χ1) is 22.2. The van der Waals surface area contributed by atoms with E-state index in [-0.39, 0.29) is 30.7 Å². The molecule has 6 rings (SSSR count). The quantitative estimate of drug-likeness (QED) is 0.225. The first kappa shape index (κ1) is 30.8. The summed E-state index contributed by atoms with van der Waals surface area (Å²) in [4.78, 5) is 45.5. The summed E-state index contributed by atoms with van der Waals surface area (Å²) < 4.78 is 15.1. The van der Waals surface area contributed by atoms with Crippen molar-refractivity contribution in [2.24, 2.45) is 4.99 Å². The molecule has 5 aromatic rings. The van der Waals surface area contributed by atoms with Crippen molar-refractivity contribution in [1.29, 1.82) is 0 Å². The van der Waals surface area contributed by atoms with Crippen molar-refractivity contribution in [2.75, 3.05) is 11.9 Å². The summed E-state index contributed by atoms with van der Waals surface area (Å²) in [5.74, 6) is 0.0189. The highest BCUT2D eigenvalue weighted by atomic mass is 32.1. The predicted octanol–water partition coefficient (Wildman–Crippen LogP) is 5.18. The Morgan fingerprint density at radius 1 is 1.02 bits per heavy atom. The molecule has 1 N–H and O–H groups in total. The van der Waals surface area contributed by atoms with Gasteiger partial charge in [0.1, 0.15) is 12.3 Å². The second-order valence-corrected chi connectivity index (χ2v) is 12.2. The van der Waals surface area contributed by atoms with Gasteiger partial charge in [0.15, 0.2) is 4.80 Å². The number of nitrogens with one attached hydrogen (secondary N) is 1. The number of para-hydroxylation sites is 2.